The number of aromatic nitrogens is 4. The largest absolute Gasteiger partial charge is 0.481 e. The number of para-hydroxylation sites is 1. The number of benzene rings is 1. The van der Waals surface area contributed by atoms with Gasteiger partial charge < -0.3 is 5.11 Å². The van der Waals surface area contributed by atoms with Gasteiger partial charge in [0.2, 0.25) is 0 Å². The second-order valence-corrected chi connectivity index (χ2v) is 3.44. The van der Waals surface area contributed by atoms with Gasteiger partial charge in [0.15, 0.2) is 5.82 Å². The van der Waals surface area contributed by atoms with E-state index in [1.54, 1.807) is 24.3 Å². The second-order valence-electron chi connectivity index (χ2n) is 3.03. The van der Waals surface area contributed by atoms with Crippen LogP contribution in [0.5, 0.6) is 0 Å². The van der Waals surface area contributed by atoms with Crippen LogP contribution in [-0.2, 0) is 11.2 Å². The third kappa shape index (κ3) is 2.01. The Balaban J connectivity index is 2.45. The van der Waals surface area contributed by atoms with Gasteiger partial charge in [0.25, 0.3) is 0 Å². The minimum atomic E-state index is -0.997. The van der Waals surface area contributed by atoms with Gasteiger partial charge in [-0.1, -0.05) is 23.7 Å². The van der Waals surface area contributed by atoms with Crippen molar-refractivity contribution in [3.63, 3.8) is 0 Å². The molecule has 0 bridgehead atoms. The number of carboxylic acids is 1. The molecule has 0 aliphatic carbocycles. The van der Waals surface area contributed by atoms with E-state index in [0.29, 0.717) is 10.7 Å². The summed E-state index contributed by atoms with van der Waals surface area (Å²) in [6, 6.07) is 6.94. The fourth-order valence-electron chi connectivity index (χ4n) is 1.26. The Bertz CT molecular complexity index is 526. The van der Waals surface area contributed by atoms with Crippen molar-refractivity contribution in [2.45, 2.75) is 6.42 Å². The molecular weight excluding hydrogens is 232 g/mol. The molecule has 7 heteroatoms. The molecule has 1 heterocycles. The number of nitrogens with zero attached hydrogens (tertiary/aromatic N) is 4. The lowest BCUT2D eigenvalue weighted by Gasteiger charge is -2.04. The van der Waals surface area contributed by atoms with Crippen molar-refractivity contribution in [3.05, 3.63) is 35.1 Å². The Morgan fingerprint density at radius 3 is 2.88 bits per heavy atom. The average Bonchev–Trinajstić information content (AvgIpc) is 2.66. The van der Waals surface area contributed by atoms with E-state index in [9.17, 15) is 4.79 Å². The summed E-state index contributed by atoms with van der Waals surface area (Å²) in [7, 11) is 0. The number of aliphatic carboxylic acids is 1. The van der Waals surface area contributed by atoms with Gasteiger partial charge in [0.1, 0.15) is 6.42 Å². The highest BCUT2D eigenvalue weighted by atomic mass is 35.5. The molecule has 0 saturated carbocycles. The van der Waals surface area contributed by atoms with Crippen molar-refractivity contribution in [1.29, 1.82) is 0 Å². The van der Waals surface area contributed by atoms with Gasteiger partial charge >= 0.3 is 5.97 Å². The molecule has 1 aromatic heterocycles. The van der Waals surface area contributed by atoms with Crippen LogP contribution in [0.3, 0.4) is 0 Å². The van der Waals surface area contributed by atoms with Crippen molar-refractivity contribution in [1.82, 2.24) is 20.2 Å². The smallest absolute Gasteiger partial charge is 0.311 e. The topological polar surface area (TPSA) is 80.9 Å². The standard InChI is InChI=1S/C9H7ClN4O2/c10-6-3-1-2-4-7(6)14-8(5-9(15)16)11-12-13-14/h1-4H,5H2,(H,15,16). The highest BCUT2D eigenvalue weighted by molar-refractivity contribution is 6.32. The summed E-state index contributed by atoms with van der Waals surface area (Å²) in [5.74, 6) is -0.760. The van der Waals surface area contributed by atoms with E-state index in [1.165, 1.54) is 4.68 Å². The molecule has 0 spiro atoms. The molecule has 1 aromatic carbocycles. The molecule has 1 N–H and O–H groups in total. The zero-order valence-electron chi connectivity index (χ0n) is 8.04. The Kier molecular flexibility index (Phi) is 2.82. The number of carboxylic acid groups (broad SMARTS) is 1. The maximum atomic E-state index is 10.6. The van der Waals surface area contributed by atoms with Gasteiger partial charge in [-0.25, -0.2) is 0 Å². The van der Waals surface area contributed by atoms with E-state index in [2.05, 4.69) is 15.5 Å². The van der Waals surface area contributed by atoms with Crippen LogP contribution in [0.15, 0.2) is 24.3 Å². The van der Waals surface area contributed by atoms with Crippen molar-refractivity contribution in [3.8, 4) is 5.69 Å². The number of halogens is 1. The summed E-state index contributed by atoms with van der Waals surface area (Å²) in [6.45, 7) is 0. The zero-order chi connectivity index (χ0) is 11.5. The first-order chi connectivity index (χ1) is 7.68. The summed E-state index contributed by atoms with van der Waals surface area (Å²) >= 11 is 5.96. The van der Waals surface area contributed by atoms with Crippen LogP contribution in [0, 0.1) is 0 Å². The van der Waals surface area contributed by atoms with Gasteiger partial charge in [-0.05, 0) is 22.6 Å². The molecule has 0 radical (unpaired) electrons. The van der Waals surface area contributed by atoms with Gasteiger partial charge in [-0.2, -0.15) is 4.68 Å². The lowest BCUT2D eigenvalue weighted by atomic mass is 10.3. The number of carbonyl (C=O) groups is 1. The van der Waals surface area contributed by atoms with E-state index in [1.807, 2.05) is 0 Å². The van der Waals surface area contributed by atoms with Crippen LogP contribution in [0.2, 0.25) is 5.02 Å². The van der Waals surface area contributed by atoms with Crippen molar-refractivity contribution < 1.29 is 9.90 Å². The van der Waals surface area contributed by atoms with Gasteiger partial charge in [-0.3, -0.25) is 4.79 Å². The number of rotatable bonds is 3. The van der Waals surface area contributed by atoms with E-state index in [0.717, 1.165) is 0 Å². The van der Waals surface area contributed by atoms with Crippen LogP contribution in [0.25, 0.3) is 5.69 Å². The first kappa shape index (κ1) is 10.6. The lowest BCUT2D eigenvalue weighted by Crippen LogP contribution is -2.09. The summed E-state index contributed by atoms with van der Waals surface area (Å²) in [6.07, 6.45) is -0.252. The molecule has 0 aliphatic rings. The van der Waals surface area contributed by atoms with Crippen LogP contribution in [-0.4, -0.2) is 31.3 Å². The fraction of sp³-hybridized carbons (Fsp3) is 0.111. The Morgan fingerprint density at radius 1 is 1.44 bits per heavy atom. The molecule has 0 unspecified atom stereocenters. The number of hydrogen-bond acceptors (Lipinski definition) is 4. The lowest BCUT2D eigenvalue weighted by molar-refractivity contribution is -0.136. The quantitative estimate of drug-likeness (QED) is 0.861. The van der Waals surface area contributed by atoms with Crippen LogP contribution in [0.4, 0.5) is 0 Å². The summed E-state index contributed by atoms with van der Waals surface area (Å²) in [4.78, 5) is 10.6. The zero-order valence-corrected chi connectivity index (χ0v) is 8.79. The van der Waals surface area contributed by atoms with Gasteiger partial charge in [0, 0.05) is 0 Å². The Labute approximate surface area is 95.5 Å². The minimum absolute atomic E-state index is 0.237. The Hall–Kier alpha value is -1.95. The van der Waals surface area contributed by atoms with E-state index in [-0.39, 0.29) is 12.2 Å². The Morgan fingerprint density at radius 2 is 2.19 bits per heavy atom. The third-order valence-electron chi connectivity index (χ3n) is 1.92. The fourth-order valence-corrected chi connectivity index (χ4v) is 1.48. The van der Waals surface area contributed by atoms with Crippen molar-refractivity contribution >= 4 is 17.6 Å². The maximum absolute atomic E-state index is 10.6. The molecule has 0 fully saturated rings. The SMILES string of the molecule is O=C(O)Cc1nnnn1-c1ccccc1Cl. The molecule has 0 aliphatic heterocycles. The third-order valence-corrected chi connectivity index (χ3v) is 2.24. The molecule has 16 heavy (non-hydrogen) atoms. The van der Waals surface area contributed by atoms with Crippen LogP contribution in [0.1, 0.15) is 5.82 Å². The minimum Gasteiger partial charge on any atom is -0.481 e. The molecule has 6 nitrogen and oxygen atoms in total. The second kappa shape index (κ2) is 4.28. The molecule has 2 rings (SSSR count). The summed E-state index contributed by atoms with van der Waals surface area (Å²) in [5.41, 5.74) is 0.561. The number of tetrazole rings is 1. The molecular formula is C9H7ClN4O2. The molecule has 0 atom stereocenters. The monoisotopic (exact) mass is 238 g/mol. The highest BCUT2D eigenvalue weighted by Gasteiger charge is 2.13. The molecule has 0 amide bonds. The first-order valence-corrected chi connectivity index (χ1v) is 4.80. The highest BCUT2D eigenvalue weighted by Crippen LogP contribution is 2.19. The first-order valence-electron chi connectivity index (χ1n) is 4.42. The van der Waals surface area contributed by atoms with Crippen molar-refractivity contribution in [2.24, 2.45) is 0 Å². The van der Waals surface area contributed by atoms with Gasteiger partial charge in [0.05, 0.1) is 10.7 Å². The summed E-state index contributed by atoms with van der Waals surface area (Å²) in [5, 5.41) is 19.9. The maximum Gasteiger partial charge on any atom is 0.311 e. The predicted molar refractivity (Wildman–Crippen MR) is 55.5 cm³/mol. The average molecular weight is 239 g/mol. The van der Waals surface area contributed by atoms with E-state index >= 15 is 0 Å². The van der Waals surface area contributed by atoms with E-state index < -0.39 is 5.97 Å². The van der Waals surface area contributed by atoms with Crippen LogP contribution < -0.4 is 0 Å². The van der Waals surface area contributed by atoms with Crippen molar-refractivity contribution in [2.75, 3.05) is 0 Å². The van der Waals surface area contributed by atoms with E-state index in [4.69, 9.17) is 16.7 Å². The van der Waals surface area contributed by atoms with Crippen LogP contribution >= 0.6 is 11.6 Å². The normalized spacial score (nSPS) is 10.3. The van der Waals surface area contributed by atoms with Gasteiger partial charge in [-0.15, -0.1) is 5.10 Å². The molecule has 2 aromatic rings. The number of hydrogen-bond donors (Lipinski definition) is 1. The summed E-state index contributed by atoms with van der Waals surface area (Å²) < 4.78 is 1.32. The molecule has 82 valence electrons. The molecule has 0 saturated heterocycles. The predicted octanol–water partition coefficient (Wildman–Crippen LogP) is 0.943.